The molecule has 0 heterocycles. The van der Waals surface area contributed by atoms with Crippen LogP contribution in [0.3, 0.4) is 0 Å². The van der Waals surface area contributed by atoms with Gasteiger partial charge in [-0.2, -0.15) is 5.26 Å². The summed E-state index contributed by atoms with van der Waals surface area (Å²) in [5.41, 5.74) is 0.483. The molecule has 0 aromatic heterocycles. The van der Waals surface area contributed by atoms with Gasteiger partial charge in [-0.25, -0.2) is 12.8 Å². The normalized spacial score (nSPS) is 11.8. The number of nitrogens with zero attached hydrogens (tertiary/aromatic N) is 1. The molecule has 6 heteroatoms. The number of para-hydroxylation sites is 1. The first-order valence-corrected chi connectivity index (χ1v) is 8.31. The van der Waals surface area contributed by atoms with E-state index in [4.69, 9.17) is 4.74 Å². The van der Waals surface area contributed by atoms with Crippen LogP contribution in [-0.2, 0) is 9.84 Å². The minimum absolute atomic E-state index is 0.138. The van der Waals surface area contributed by atoms with Crippen LogP contribution in [0.1, 0.15) is 12.5 Å². The highest BCUT2D eigenvalue weighted by Crippen LogP contribution is 2.25. The lowest BCUT2D eigenvalue weighted by Crippen LogP contribution is -2.04. The Bertz CT molecular complexity index is 865. The number of sulfone groups is 1. The van der Waals surface area contributed by atoms with Gasteiger partial charge in [-0.1, -0.05) is 18.2 Å². The smallest absolute Gasteiger partial charge is 0.216 e. The van der Waals surface area contributed by atoms with Crippen LogP contribution < -0.4 is 4.74 Å². The van der Waals surface area contributed by atoms with Gasteiger partial charge < -0.3 is 4.74 Å². The van der Waals surface area contributed by atoms with Crippen LogP contribution in [0.2, 0.25) is 0 Å². The molecular weight excluding hydrogens is 317 g/mol. The van der Waals surface area contributed by atoms with Crippen LogP contribution in [0.4, 0.5) is 4.39 Å². The lowest BCUT2D eigenvalue weighted by atomic mass is 10.2. The third-order valence-electron chi connectivity index (χ3n) is 3.03. The van der Waals surface area contributed by atoms with E-state index in [9.17, 15) is 18.1 Å². The maximum absolute atomic E-state index is 13.0. The predicted molar refractivity (Wildman–Crippen MR) is 84.8 cm³/mol. The van der Waals surface area contributed by atoms with Gasteiger partial charge in [-0.15, -0.1) is 0 Å². The highest BCUT2D eigenvalue weighted by molar-refractivity contribution is 7.95. The molecule has 0 unspecified atom stereocenters. The molecule has 0 spiro atoms. The third-order valence-corrected chi connectivity index (χ3v) is 4.71. The van der Waals surface area contributed by atoms with Crippen molar-refractivity contribution in [3.63, 3.8) is 0 Å². The number of benzene rings is 2. The molecule has 0 bridgehead atoms. The van der Waals surface area contributed by atoms with E-state index in [1.807, 2.05) is 0 Å². The Morgan fingerprint density at radius 1 is 1.22 bits per heavy atom. The zero-order chi connectivity index (χ0) is 16.9. The molecule has 2 rings (SSSR count). The second-order valence-corrected chi connectivity index (χ2v) is 6.47. The molecule has 0 amide bonds. The fourth-order valence-electron chi connectivity index (χ4n) is 1.94. The minimum atomic E-state index is -4.02. The molecular formula is C17H14FNO3S. The van der Waals surface area contributed by atoms with Gasteiger partial charge >= 0.3 is 0 Å². The SMILES string of the molecule is CCOc1ccccc1/C=C(\C#N)S(=O)(=O)c1ccc(F)cc1. The Labute approximate surface area is 134 Å². The van der Waals surface area contributed by atoms with Crippen molar-refractivity contribution in [2.45, 2.75) is 11.8 Å². The third kappa shape index (κ3) is 3.76. The maximum Gasteiger partial charge on any atom is 0.216 e. The zero-order valence-corrected chi connectivity index (χ0v) is 13.2. The standard InChI is InChI=1S/C17H14FNO3S/c1-2-22-17-6-4-3-5-13(17)11-16(12-19)23(20,21)15-9-7-14(18)8-10-15/h3-11H,2H2,1H3/b16-11+. The first-order chi connectivity index (χ1) is 11.0. The average molecular weight is 331 g/mol. The summed E-state index contributed by atoms with van der Waals surface area (Å²) in [5.74, 6) is -0.0646. The summed E-state index contributed by atoms with van der Waals surface area (Å²) in [6.45, 7) is 2.22. The Morgan fingerprint density at radius 2 is 1.87 bits per heavy atom. The molecule has 23 heavy (non-hydrogen) atoms. The number of hydrogen-bond donors (Lipinski definition) is 0. The van der Waals surface area contributed by atoms with E-state index >= 15 is 0 Å². The number of hydrogen-bond acceptors (Lipinski definition) is 4. The van der Waals surface area contributed by atoms with Crippen LogP contribution in [0.25, 0.3) is 6.08 Å². The summed E-state index contributed by atoms with van der Waals surface area (Å²) in [7, 11) is -4.02. The fourth-order valence-corrected chi connectivity index (χ4v) is 3.09. The van der Waals surface area contributed by atoms with E-state index in [-0.39, 0.29) is 4.90 Å². The van der Waals surface area contributed by atoms with Gasteiger partial charge in [-0.3, -0.25) is 0 Å². The molecule has 4 nitrogen and oxygen atoms in total. The van der Waals surface area contributed by atoms with Crippen LogP contribution >= 0.6 is 0 Å². The fraction of sp³-hybridized carbons (Fsp3) is 0.118. The molecule has 0 saturated heterocycles. The Morgan fingerprint density at radius 3 is 2.48 bits per heavy atom. The molecule has 0 aliphatic heterocycles. The van der Waals surface area contributed by atoms with Gasteiger partial charge in [0, 0.05) is 5.56 Å². The van der Waals surface area contributed by atoms with Crippen LogP contribution in [-0.4, -0.2) is 15.0 Å². The van der Waals surface area contributed by atoms with E-state index < -0.39 is 20.6 Å². The first-order valence-electron chi connectivity index (χ1n) is 6.83. The molecule has 0 radical (unpaired) electrons. The maximum atomic E-state index is 13.0. The topological polar surface area (TPSA) is 67.2 Å². The summed E-state index contributed by atoms with van der Waals surface area (Å²) in [4.78, 5) is -0.572. The largest absolute Gasteiger partial charge is 0.493 e. The molecule has 2 aromatic rings. The van der Waals surface area contributed by atoms with Crippen LogP contribution in [0.5, 0.6) is 5.75 Å². The molecule has 118 valence electrons. The van der Waals surface area contributed by atoms with Crippen molar-refractivity contribution < 1.29 is 17.5 Å². The molecule has 2 aromatic carbocycles. The Balaban J connectivity index is 2.51. The van der Waals surface area contributed by atoms with Crippen molar-refractivity contribution in [3.05, 3.63) is 64.8 Å². The zero-order valence-electron chi connectivity index (χ0n) is 12.4. The van der Waals surface area contributed by atoms with E-state index in [0.29, 0.717) is 17.9 Å². The molecule has 0 saturated carbocycles. The van der Waals surface area contributed by atoms with E-state index in [1.54, 1.807) is 37.3 Å². The average Bonchev–Trinajstić information content (AvgIpc) is 2.54. The first kappa shape index (κ1) is 16.7. The van der Waals surface area contributed by atoms with E-state index in [1.165, 1.54) is 6.08 Å². The molecule has 0 atom stereocenters. The van der Waals surface area contributed by atoms with Crippen molar-refractivity contribution in [1.29, 1.82) is 5.26 Å². The summed E-state index contributed by atoms with van der Waals surface area (Å²) < 4.78 is 43.4. The predicted octanol–water partition coefficient (Wildman–Crippen LogP) is 3.56. The highest BCUT2D eigenvalue weighted by atomic mass is 32.2. The minimum Gasteiger partial charge on any atom is -0.493 e. The van der Waals surface area contributed by atoms with Crippen molar-refractivity contribution in [2.75, 3.05) is 6.61 Å². The molecule has 0 aliphatic carbocycles. The van der Waals surface area contributed by atoms with E-state index in [2.05, 4.69) is 0 Å². The van der Waals surface area contributed by atoms with Gasteiger partial charge in [0.15, 0.2) is 0 Å². The van der Waals surface area contributed by atoms with Gasteiger partial charge in [0.2, 0.25) is 9.84 Å². The highest BCUT2D eigenvalue weighted by Gasteiger charge is 2.21. The number of ether oxygens (including phenoxy) is 1. The second kappa shape index (κ2) is 7.07. The van der Waals surface area contributed by atoms with Crippen molar-refractivity contribution in [2.24, 2.45) is 0 Å². The van der Waals surface area contributed by atoms with Gasteiger partial charge in [-0.05, 0) is 43.3 Å². The van der Waals surface area contributed by atoms with Crippen LogP contribution in [0.15, 0.2) is 58.3 Å². The summed E-state index contributed by atoms with van der Waals surface area (Å²) >= 11 is 0. The van der Waals surface area contributed by atoms with Crippen LogP contribution in [0, 0.1) is 17.1 Å². The molecule has 0 aliphatic rings. The van der Waals surface area contributed by atoms with Crippen molar-refractivity contribution in [1.82, 2.24) is 0 Å². The molecule has 0 N–H and O–H groups in total. The lowest BCUT2D eigenvalue weighted by molar-refractivity contribution is 0.339. The summed E-state index contributed by atoms with van der Waals surface area (Å²) in [6.07, 6.45) is 1.25. The monoisotopic (exact) mass is 331 g/mol. The number of allylic oxidation sites excluding steroid dienone is 1. The Hall–Kier alpha value is -2.65. The Kier molecular flexibility index (Phi) is 5.14. The number of nitriles is 1. The number of halogens is 1. The lowest BCUT2D eigenvalue weighted by Gasteiger charge is -2.08. The second-order valence-electron chi connectivity index (χ2n) is 4.55. The van der Waals surface area contributed by atoms with Gasteiger partial charge in [0.1, 0.15) is 22.5 Å². The van der Waals surface area contributed by atoms with E-state index in [0.717, 1.165) is 24.3 Å². The van der Waals surface area contributed by atoms with Crippen molar-refractivity contribution >= 4 is 15.9 Å². The van der Waals surface area contributed by atoms with Gasteiger partial charge in [0.05, 0.1) is 11.5 Å². The van der Waals surface area contributed by atoms with Crippen molar-refractivity contribution in [3.8, 4) is 11.8 Å². The number of rotatable bonds is 5. The molecule has 0 fully saturated rings. The summed E-state index contributed by atoms with van der Waals surface area (Å²) in [5, 5.41) is 9.25. The summed E-state index contributed by atoms with van der Waals surface area (Å²) in [6, 6.07) is 12.8. The van der Waals surface area contributed by atoms with Gasteiger partial charge in [0.25, 0.3) is 0 Å². The quantitative estimate of drug-likeness (QED) is 0.620.